The molecule has 194 valence electrons. The van der Waals surface area contributed by atoms with E-state index in [1.807, 2.05) is 7.05 Å². The van der Waals surface area contributed by atoms with Gasteiger partial charge in [0.25, 0.3) is 5.91 Å². The van der Waals surface area contributed by atoms with E-state index >= 15 is 0 Å². The number of nitrogens with two attached hydrogens (primary N) is 1. The van der Waals surface area contributed by atoms with Crippen molar-refractivity contribution in [2.45, 2.75) is 38.3 Å². The fourth-order valence-electron chi connectivity index (χ4n) is 4.96. The Morgan fingerprint density at radius 1 is 1.08 bits per heavy atom. The van der Waals surface area contributed by atoms with Crippen LogP contribution >= 0.6 is 0 Å². The first kappa shape index (κ1) is 25.9. The highest BCUT2D eigenvalue weighted by molar-refractivity contribution is 5.94. The first-order valence-corrected chi connectivity index (χ1v) is 12.2. The highest BCUT2D eigenvalue weighted by Crippen LogP contribution is 2.37. The SMILES string of the molecule is CN1CCN(C(=O)c2ccc(Nc3ncc(C(F)(F)F)c(C[C@@H]4CCCC[C@H]4C(N)=O)n3)cc2)CC1. The normalized spacial score (nSPS) is 21.3. The molecule has 2 fully saturated rings. The van der Waals surface area contributed by atoms with Crippen LogP contribution in [0.3, 0.4) is 0 Å². The zero-order valence-corrected chi connectivity index (χ0v) is 20.2. The van der Waals surface area contributed by atoms with Gasteiger partial charge < -0.3 is 20.9 Å². The molecule has 2 aromatic rings. The van der Waals surface area contributed by atoms with E-state index in [9.17, 15) is 22.8 Å². The smallest absolute Gasteiger partial charge is 0.369 e. The average Bonchev–Trinajstić information content (AvgIpc) is 2.84. The van der Waals surface area contributed by atoms with Gasteiger partial charge in [0.2, 0.25) is 11.9 Å². The number of piperazine rings is 1. The molecule has 11 heteroatoms. The van der Waals surface area contributed by atoms with E-state index in [0.717, 1.165) is 32.1 Å². The number of hydrogen-bond acceptors (Lipinski definition) is 6. The Morgan fingerprint density at radius 3 is 2.39 bits per heavy atom. The standard InChI is InChI=1S/C25H31F3N6O2/c1-33-10-12-34(13-11-33)23(36)16-6-8-18(9-7-16)31-24-30-15-20(25(26,27)28)21(32-24)14-17-4-2-3-5-19(17)22(29)35/h6-9,15,17,19H,2-5,10-14H2,1H3,(H2,29,35)(H,30,31,32)/t17-,19+/m0/s1. The summed E-state index contributed by atoms with van der Waals surface area (Å²) >= 11 is 0. The maximum atomic E-state index is 13.7. The van der Waals surface area contributed by atoms with E-state index in [0.29, 0.717) is 37.2 Å². The van der Waals surface area contributed by atoms with Crippen LogP contribution in [0.25, 0.3) is 0 Å². The Bertz CT molecular complexity index is 1080. The third kappa shape index (κ3) is 6.13. The summed E-state index contributed by atoms with van der Waals surface area (Å²) < 4.78 is 41.0. The van der Waals surface area contributed by atoms with Crippen LogP contribution in [0.15, 0.2) is 30.5 Å². The Balaban J connectivity index is 1.50. The summed E-state index contributed by atoms with van der Waals surface area (Å²) in [5, 5.41) is 2.93. The molecule has 0 radical (unpaired) electrons. The van der Waals surface area contributed by atoms with E-state index in [-0.39, 0.29) is 29.9 Å². The van der Waals surface area contributed by atoms with E-state index in [2.05, 4.69) is 20.2 Å². The van der Waals surface area contributed by atoms with Gasteiger partial charge in [0, 0.05) is 49.5 Å². The number of alkyl halides is 3. The van der Waals surface area contributed by atoms with E-state index in [1.165, 1.54) is 0 Å². The quantitative estimate of drug-likeness (QED) is 0.625. The molecule has 1 aromatic carbocycles. The van der Waals surface area contributed by atoms with Gasteiger partial charge in [-0.15, -0.1) is 0 Å². The van der Waals surface area contributed by atoms with Crippen LogP contribution in [0.4, 0.5) is 24.8 Å². The summed E-state index contributed by atoms with van der Waals surface area (Å²) in [7, 11) is 2.02. The predicted octanol–water partition coefficient (Wildman–Crippen LogP) is 3.46. The van der Waals surface area contributed by atoms with Crippen LogP contribution in [0.5, 0.6) is 0 Å². The number of carbonyl (C=O) groups is 2. The topological polar surface area (TPSA) is 104 Å². The largest absolute Gasteiger partial charge is 0.419 e. The number of likely N-dealkylation sites (N-methyl/N-ethyl adjacent to an activating group) is 1. The second-order valence-electron chi connectivity index (χ2n) is 9.61. The molecule has 3 N–H and O–H groups in total. The number of anilines is 2. The summed E-state index contributed by atoms with van der Waals surface area (Å²) in [5.41, 5.74) is 5.54. The lowest BCUT2D eigenvalue weighted by Gasteiger charge is -2.32. The monoisotopic (exact) mass is 504 g/mol. The van der Waals surface area contributed by atoms with Gasteiger partial charge in [0.1, 0.15) is 0 Å². The second-order valence-corrected chi connectivity index (χ2v) is 9.61. The molecule has 1 aliphatic heterocycles. The molecule has 0 unspecified atom stereocenters. The van der Waals surface area contributed by atoms with Crippen molar-refractivity contribution < 1.29 is 22.8 Å². The van der Waals surface area contributed by atoms with Crippen molar-refractivity contribution in [3.05, 3.63) is 47.3 Å². The fraction of sp³-hybridized carbons (Fsp3) is 0.520. The lowest BCUT2D eigenvalue weighted by Crippen LogP contribution is -2.47. The van der Waals surface area contributed by atoms with Crippen molar-refractivity contribution in [1.82, 2.24) is 19.8 Å². The lowest BCUT2D eigenvalue weighted by atomic mass is 9.76. The molecule has 2 heterocycles. The first-order chi connectivity index (χ1) is 17.1. The average molecular weight is 505 g/mol. The molecule has 0 spiro atoms. The molecule has 36 heavy (non-hydrogen) atoms. The molecule has 1 aliphatic carbocycles. The molecule has 8 nitrogen and oxygen atoms in total. The fourth-order valence-corrected chi connectivity index (χ4v) is 4.96. The molecule has 2 aliphatic rings. The van der Waals surface area contributed by atoms with Gasteiger partial charge in [-0.25, -0.2) is 9.97 Å². The van der Waals surface area contributed by atoms with Gasteiger partial charge in [0.15, 0.2) is 0 Å². The highest BCUT2D eigenvalue weighted by Gasteiger charge is 2.37. The second kappa shape index (κ2) is 10.8. The van der Waals surface area contributed by atoms with Crippen LogP contribution in [0.2, 0.25) is 0 Å². The van der Waals surface area contributed by atoms with Crippen molar-refractivity contribution in [3.63, 3.8) is 0 Å². The summed E-state index contributed by atoms with van der Waals surface area (Å²) in [6, 6.07) is 6.70. The van der Waals surface area contributed by atoms with Crippen LogP contribution in [-0.4, -0.2) is 64.8 Å². The van der Waals surface area contributed by atoms with E-state index in [1.54, 1.807) is 29.2 Å². The van der Waals surface area contributed by atoms with E-state index < -0.39 is 23.6 Å². The minimum atomic E-state index is -4.62. The number of aromatic nitrogens is 2. The van der Waals surface area contributed by atoms with Crippen LogP contribution in [0.1, 0.15) is 47.3 Å². The van der Waals surface area contributed by atoms with Gasteiger partial charge in [-0.2, -0.15) is 13.2 Å². The molecular formula is C25H31F3N6O2. The minimum Gasteiger partial charge on any atom is -0.369 e. The first-order valence-electron chi connectivity index (χ1n) is 12.2. The van der Waals surface area contributed by atoms with Crippen molar-refractivity contribution in [2.75, 3.05) is 38.5 Å². The number of carbonyl (C=O) groups excluding carboxylic acids is 2. The molecule has 2 atom stereocenters. The number of amides is 2. The number of benzene rings is 1. The molecular weight excluding hydrogens is 473 g/mol. The number of rotatable bonds is 6. The van der Waals surface area contributed by atoms with Gasteiger partial charge in [0.05, 0.1) is 11.3 Å². The number of halogens is 3. The lowest BCUT2D eigenvalue weighted by molar-refractivity contribution is -0.138. The predicted molar refractivity (Wildman–Crippen MR) is 129 cm³/mol. The maximum absolute atomic E-state index is 13.7. The van der Waals surface area contributed by atoms with Gasteiger partial charge >= 0.3 is 6.18 Å². The Hall–Kier alpha value is -3.21. The molecule has 4 rings (SSSR count). The third-order valence-electron chi connectivity index (χ3n) is 7.08. The number of hydrogen-bond donors (Lipinski definition) is 2. The Kier molecular flexibility index (Phi) is 7.77. The van der Waals surface area contributed by atoms with Crippen molar-refractivity contribution in [3.8, 4) is 0 Å². The number of primary amides is 1. The number of nitrogens with zero attached hydrogens (tertiary/aromatic N) is 4. The van der Waals surface area contributed by atoms with Crippen molar-refractivity contribution >= 4 is 23.5 Å². The summed E-state index contributed by atoms with van der Waals surface area (Å²) in [6.07, 6.45) is -0.964. The third-order valence-corrected chi connectivity index (χ3v) is 7.08. The minimum absolute atomic E-state index is 0.00187. The Labute approximate surface area is 208 Å². The van der Waals surface area contributed by atoms with Gasteiger partial charge in [-0.1, -0.05) is 12.8 Å². The molecule has 2 amide bonds. The van der Waals surface area contributed by atoms with Crippen molar-refractivity contribution in [2.24, 2.45) is 17.6 Å². The highest BCUT2D eigenvalue weighted by atomic mass is 19.4. The summed E-state index contributed by atoms with van der Waals surface area (Å²) in [6.45, 7) is 2.96. The van der Waals surface area contributed by atoms with Crippen LogP contribution in [-0.2, 0) is 17.4 Å². The summed E-state index contributed by atoms with van der Waals surface area (Å²) in [4.78, 5) is 36.6. The van der Waals surface area contributed by atoms with Gasteiger partial charge in [-0.3, -0.25) is 9.59 Å². The Morgan fingerprint density at radius 2 is 1.75 bits per heavy atom. The molecule has 1 saturated heterocycles. The zero-order valence-electron chi connectivity index (χ0n) is 20.2. The molecule has 0 bridgehead atoms. The molecule has 1 aromatic heterocycles. The van der Waals surface area contributed by atoms with Crippen LogP contribution < -0.4 is 11.1 Å². The number of nitrogens with one attached hydrogen (secondary N) is 1. The van der Waals surface area contributed by atoms with Gasteiger partial charge in [-0.05, 0) is 56.5 Å². The van der Waals surface area contributed by atoms with E-state index in [4.69, 9.17) is 5.73 Å². The maximum Gasteiger partial charge on any atom is 0.419 e. The zero-order chi connectivity index (χ0) is 25.9. The summed E-state index contributed by atoms with van der Waals surface area (Å²) in [5.74, 6) is -1.27. The molecule has 1 saturated carbocycles. The van der Waals surface area contributed by atoms with Crippen molar-refractivity contribution in [1.29, 1.82) is 0 Å². The van der Waals surface area contributed by atoms with Crippen LogP contribution in [0, 0.1) is 11.8 Å².